The van der Waals surface area contributed by atoms with Gasteiger partial charge in [0.1, 0.15) is 0 Å². The molecule has 2 amide bonds. The molecule has 0 radical (unpaired) electrons. The first-order valence-electron chi connectivity index (χ1n) is 10.8. The molecule has 32 heavy (non-hydrogen) atoms. The summed E-state index contributed by atoms with van der Waals surface area (Å²) >= 11 is 3.34. The minimum absolute atomic E-state index is 0.227. The van der Waals surface area contributed by atoms with E-state index in [-0.39, 0.29) is 16.9 Å². The molecule has 0 heterocycles. The van der Waals surface area contributed by atoms with Gasteiger partial charge in [0.05, 0.1) is 11.3 Å². The Balaban J connectivity index is 2.04. The van der Waals surface area contributed by atoms with Crippen molar-refractivity contribution in [3.8, 4) is 0 Å². The lowest BCUT2D eigenvalue weighted by molar-refractivity contribution is -0.111. The van der Waals surface area contributed by atoms with Gasteiger partial charge in [-0.25, -0.2) is 0 Å². The summed E-state index contributed by atoms with van der Waals surface area (Å²) in [5.41, 5.74) is 11.1. The predicted octanol–water partition coefficient (Wildman–Crippen LogP) is 7.02. The van der Waals surface area contributed by atoms with Crippen LogP contribution in [-0.2, 0) is 4.79 Å². The van der Waals surface area contributed by atoms with Crippen molar-refractivity contribution in [2.45, 2.75) is 53.9 Å². The zero-order valence-corrected chi connectivity index (χ0v) is 21.2. The van der Waals surface area contributed by atoms with Crippen LogP contribution in [0.1, 0.15) is 64.2 Å². The lowest BCUT2D eigenvalue weighted by Crippen LogP contribution is -2.19. The number of hydrogen-bond donors (Lipinski definition) is 2. The maximum absolute atomic E-state index is 12.4. The highest BCUT2D eigenvalue weighted by atomic mass is 79.9. The van der Waals surface area contributed by atoms with Crippen LogP contribution in [0.2, 0.25) is 0 Å². The minimum Gasteiger partial charge on any atom is -0.366 e. The van der Waals surface area contributed by atoms with E-state index in [2.05, 4.69) is 61.1 Å². The van der Waals surface area contributed by atoms with Crippen LogP contribution in [0.5, 0.6) is 0 Å². The van der Waals surface area contributed by atoms with Crippen molar-refractivity contribution in [1.82, 2.24) is 0 Å². The molecule has 0 saturated carbocycles. The molecule has 3 N–H and O–H groups in total. The predicted molar refractivity (Wildman–Crippen MR) is 137 cm³/mol. The Bertz CT molecular complexity index is 1040. The summed E-state index contributed by atoms with van der Waals surface area (Å²) in [6, 6.07) is 4.93. The van der Waals surface area contributed by atoms with Crippen molar-refractivity contribution in [2.24, 2.45) is 11.1 Å². The van der Waals surface area contributed by atoms with E-state index in [1.807, 2.05) is 25.2 Å². The number of amides is 2. The van der Waals surface area contributed by atoms with Crippen LogP contribution in [0.25, 0.3) is 0 Å². The van der Waals surface area contributed by atoms with Crippen LogP contribution in [0, 0.1) is 5.41 Å². The third-order valence-corrected chi connectivity index (χ3v) is 6.13. The molecule has 0 saturated heterocycles. The number of allylic oxidation sites excluding steroid dienone is 9. The van der Waals surface area contributed by atoms with Crippen LogP contribution >= 0.6 is 15.9 Å². The number of nitrogens with one attached hydrogen (secondary N) is 1. The summed E-state index contributed by atoms with van der Waals surface area (Å²) in [6.45, 7) is 10.8. The lowest BCUT2D eigenvalue weighted by atomic mass is 9.72. The van der Waals surface area contributed by atoms with Crippen LogP contribution in [-0.4, -0.2) is 11.8 Å². The van der Waals surface area contributed by atoms with E-state index < -0.39 is 5.91 Å². The number of benzene rings is 1. The maximum atomic E-state index is 12.4. The molecule has 170 valence electrons. The van der Waals surface area contributed by atoms with Gasteiger partial charge >= 0.3 is 0 Å². The van der Waals surface area contributed by atoms with E-state index in [9.17, 15) is 9.59 Å². The second kappa shape index (κ2) is 11.3. The van der Waals surface area contributed by atoms with Crippen LogP contribution in [0.4, 0.5) is 5.69 Å². The average molecular weight is 497 g/mol. The van der Waals surface area contributed by atoms with Crippen LogP contribution < -0.4 is 11.1 Å². The summed E-state index contributed by atoms with van der Waals surface area (Å²) in [7, 11) is 0. The summed E-state index contributed by atoms with van der Waals surface area (Å²) in [5, 5.41) is 2.72. The smallest absolute Gasteiger partial charge is 0.250 e. The van der Waals surface area contributed by atoms with Gasteiger partial charge in [-0.2, -0.15) is 0 Å². The number of primary amides is 1. The number of carbonyl (C=O) groups excluding carboxylic acids is 2. The highest BCUT2D eigenvalue weighted by Gasteiger charge is 2.26. The number of halogens is 1. The topological polar surface area (TPSA) is 72.2 Å². The molecule has 0 aromatic heterocycles. The number of rotatable bonds is 7. The standard InChI is InChI=1S/C27H33BrN2O2/c1-18(11-14-23-20(3)10-7-15-27(23,4)5)8-6-9-19(2)16-25(31)30-24-17-21(28)12-13-22(24)26(29)32/h6,8-9,11-14,16-17H,7,10,15H2,1-5H3,(H2,29,32)(H,30,31)/b9-6+,14-11+,18-8+,19-16+. The van der Waals surface area contributed by atoms with Gasteiger partial charge in [0.2, 0.25) is 5.91 Å². The molecule has 0 spiro atoms. The third kappa shape index (κ3) is 7.49. The van der Waals surface area contributed by atoms with Gasteiger partial charge in [-0.15, -0.1) is 0 Å². The first kappa shape index (κ1) is 25.6. The van der Waals surface area contributed by atoms with E-state index in [0.29, 0.717) is 5.69 Å². The van der Waals surface area contributed by atoms with Crippen molar-refractivity contribution in [1.29, 1.82) is 0 Å². The second-order valence-corrected chi connectivity index (χ2v) is 9.88. The molecule has 2 rings (SSSR count). The first-order chi connectivity index (χ1) is 15.0. The zero-order valence-electron chi connectivity index (χ0n) is 19.6. The van der Waals surface area contributed by atoms with E-state index in [1.54, 1.807) is 18.2 Å². The maximum Gasteiger partial charge on any atom is 0.250 e. The van der Waals surface area contributed by atoms with Crippen molar-refractivity contribution in [3.63, 3.8) is 0 Å². The monoisotopic (exact) mass is 496 g/mol. The Kier molecular flexibility index (Phi) is 9.02. The molecule has 0 atom stereocenters. The second-order valence-electron chi connectivity index (χ2n) is 8.97. The molecule has 4 nitrogen and oxygen atoms in total. The van der Waals surface area contributed by atoms with Crippen molar-refractivity contribution in [2.75, 3.05) is 5.32 Å². The SMILES string of the molecule is CC1=C(/C=C/C(C)=C/C=C/C(C)=C/C(=O)Nc2cc(Br)ccc2C(N)=O)C(C)(C)CCC1. The molecular weight excluding hydrogens is 464 g/mol. The van der Waals surface area contributed by atoms with Gasteiger partial charge in [0, 0.05) is 10.5 Å². The van der Waals surface area contributed by atoms with Gasteiger partial charge in [0.15, 0.2) is 0 Å². The molecule has 1 aliphatic rings. The fourth-order valence-electron chi connectivity index (χ4n) is 3.89. The normalized spacial score (nSPS) is 17.3. The van der Waals surface area contributed by atoms with Crippen molar-refractivity contribution >= 4 is 33.4 Å². The van der Waals surface area contributed by atoms with Crippen molar-refractivity contribution in [3.05, 3.63) is 87.0 Å². The zero-order chi connectivity index (χ0) is 23.9. The van der Waals surface area contributed by atoms with Gasteiger partial charge in [-0.1, -0.05) is 71.3 Å². The highest BCUT2D eigenvalue weighted by Crippen LogP contribution is 2.40. The molecule has 0 unspecified atom stereocenters. The first-order valence-corrected chi connectivity index (χ1v) is 11.6. The Labute approximate surface area is 200 Å². The van der Waals surface area contributed by atoms with E-state index >= 15 is 0 Å². The molecule has 0 bridgehead atoms. The van der Waals surface area contributed by atoms with Gasteiger partial charge in [-0.05, 0) is 74.8 Å². The van der Waals surface area contributed by atoms with E-state index in [4.69, 9.17) is 5.73 Å². The highest BCUT2D eigenvalue weighted by molar-refractivity contribution is 9.10. The molecule has 5 heteroatoms. The number of hydrogen-bond acceptors (Lipinski definition) is 2. The fraction of sp³-hybridized carbons (Fsp3) is 0.333. The molecule has 1 aliphatic carbocycles. The number of anilines is 1. The molecule has 1 aromatic carbocycles. The summed E-state index contributed by atoms with van der Waals surface area (Å²) in [5.74, 6) is -0.917. The summed E-state index contributed by atoms with van der Waals surface area (Å²) < 4.78 is 0.745. The Morgan fingerprint density at radius 2 is 1.88 bits per heavy atom. The Morgan fingerprint density at radius 3 is 2.53 bits per heavy atom. The van der Waals surface area contributed by atoms with Gasteiger partial charge in [-0.3, -0.25) is 9.59 Å². The number of carbonyl (C=O) groups is 2. The summed E-state index contributed by atoms with van der Waals surface area (Å²) in [6.07, 6.45) is 15.4. The Hall–Kier alpha value is -2.66. The molecule has 0 fully saturated rings. The number of nitrogens with two attached hydrogens (primary N) is 1. The molecular formula is C27H33BrN2O2. The Morgan fingerprint density at radius 1 is 1.16 bits per heavy atom. The lowest BCUT2D eigenvalue weighted by Gasteiger charge is -2.32. The molecule has 1 aromatic rings. The summed E-state index contributed by atoms with van der Waals surface area (Å²) in [4.78, 5) is 23.9. The average Bonchev–Trinajstić information content (AvgIpc) is 2.66. The molecule has 0 aliphatic heterocycles. The van der Waals surface area contributed by atoms with Crippen molar-refractivity contribution < 1.29 is 9.59 Å². The largest absolute Gasteiger partial charge is 0.366 e. The van der Waals surface area contributed by atoms with Gasteiger partial charge in [0.25, 0.3) is 5.91 Å². The van der Waals surface area contributed by atoms with E-state index in [0.717, 1.165) is 15.6 Å². The fourth-order valence-corrected chi connectivity index (χ4v) is 4.25. The quantitative estimate of drug-likeness (QED) is 0.314. The van der Waals surface area contributed by atoms with Crippen LogP contribution in [0.15, 0.2) is 81.4 Å². The minimum atomic E-state index is -0.593. The van der Waals surface area contributed by atoms with Gasteiger partial charge < -0.3 is 11.1 Å². The van der Waals surface area contributed by atoms with E-state index in [1.165, 1.54) is 36.5 Å². The van der Waals surface area contributed by atoms with Crippen LogP contribution in [0.3, 0.4) is 0 Å². The third-order valence-electron chi connectivity index (χ3n) is 5.64.